The number of benzene rings is 1. The second-order valence-electron chi connectivity index (χ2n) is 4.53. The molecule has 0 aliphatic rings. The molecule has 0 fully saturated rings. The minimum absolute atomic E-state index is 0.233. The van der Waals surface area contributed by atoms with Gasteiger partial charge in [0.15, 0.2) is 5.82 Å². The van der Waals surface area contributed by atoms with Gasteiger partial charge >= 0.3 is 0 Å². The van der Waals surface area contributed by atoms with E-state index in [-0.39, 0.29) is 11.3 Å². The van der Waals surface area contributed by atoms with Crippen LogP contribution in [-0.4, -0.2) is 20.7 Å². The fourth-order valence-electron chi connectivity index (χ4n) is 2.02. The van der Waals surface area contributed by atoms with E-state index in [2.05, 4.69) is 10.1 Å². The van der Waals surface area contributed by atoms with Crippen LogP contribution in [0.4, 0.5) is 5.69 Å². The lowest BCUT2D eigenvalue weighted by Gasteiger charge is -2.04. The quantitative estimate of drug-likeness (QED) is 0.760. The van der Waals surface area contributed by atoms with E-state index in [4.69, 9.17) is 11.5 Å². The minimum atomic E-state index is -0.591. The summed E-state index contributed by atoms with van der Waals surface area (Å²) in [6.45, 7) is 0. The van der Waals surface area contributed by atoms with Crippen molar-refractivity contribution in [2.45, 2.75) is 0 Å². The number of amides is 1. The van der Waals surface area contributed by atoms with Crippen molar-refractivity contribution in [1.29, 1.82) is 0 Å². The maximum Gasteiger partial charge on any atom is 0.250 e. The summed E-state index contributed by atoms with van der Waals surface area (Å²) < 4.78 is 1.58. The van der Waals surface area contributed by atoms with Crippen LogP contribution in [0.3, 0.4) is 0 Å². The molecule has 6 heteroatoms. The summed E-state index contributed by atoms with van der Waals surface area (Å²) in [5.74, 6) is -0.105. The molecule has 0 atom stereocenters. The summed E-state index contributed by atoms with van der Waals surface area (Å²) >= 11 is 0. The average molecular weight is 279 g/mol. The number of nitrogens with two attached hydrogens (primary N) is 2. The highest BCUT2D eigenvalue weighted by molar-refractivity contribution is 5.98. The van der Waals surface area contributed by atoms with Crippen LogP contribution in [0.15, 0.2) is 55.0 Å². The Bertz CT molecular complexity index is 795. The predicted molar refractivity (Wildman–Crippen MR) is 79.7 cm³/mol. The lowest BCUT2D eigenvalue weighted by molar-refractivity contribution is 0.100. The number of nitrogen functional groups attached to an aromatic ring is 1. The SMILES string of the molecule is NC(=O)c1cc(-n2cc(-c3ccccc3)cn2)ncc1N. The fourth-order valence-corrected chi connectivity index (χ4v) is 2.02. The average Bonchev–Trinajstić information content (AvgIpc) is 2.98. The van der Waals surface area contributed by atoms with Gasteiger partial charge in [0.2, 0.25) is 0 Å². The van der Waals surface area contributed by atoms with E-state index >= 15 is 0 Å². The van der Waals surface area contributed by atoms with Gasteiger partial charge in [-0.05, 0) is 11.6 Å². The molecule has 0 unspecified atom stereocenters. The highest BCUT2D eigenvalue weighted by atomic mass is 16.1. The Hall–Kier alpha value is -3.15. The molecule has 0 aliphatic carbocycles. The number of primary amides is 1. The first-order valence-corrected chi connectivity index (χ1v) is 6.31. The molecule has 0 spiro atoms. The first-order chi connectivity index (χ1) is 10.1. The third-order valence-electron chi connectivity index (χ3n) is 3.11. The second-order valence-corrected chi connectivity index (χ2v) is 4.53. The molecule has 4 N–H and O–H groups in total. The van der Waals surface area contributed by atoms with Gasteiger partial charge in [-0.1, -0.05) is 30.3 Å². The zero-order chi connectivity index (χ0) is 14.8. The summed E-state index contributed by atoms with van der Waals surface area (Å²) in [6, 6.07) is 11.4. The van der Waals surface area contributed by atoms with Crippen LogP contribution < -0.4 is 11.5 Å². The largest absolute Gasteiger partial charge is 0.397 e. The number of carbonyl (C=O) groups excluding carboxylic acids is 1. The fraction of sp³-hybridized carbons (Fsp3) is 0. The molecule has 0 saturated carbocycles. The molecule has 0 saturated heterocycles. The summed E-state index contributed by atoms with van der Waals surface area (Å²) in [5.41, 5.74) is 13.4. The second kappa shape index (κ2) is 5.09. The molecule has 1 aromatic carbocycles. The minimum Gasteiger partial charge on any atom is -0.397 e. The van der Waals surface area contributed by atoms with E-state index in [1.54, 1.807) is 10.9 Å². The number of anilines is 1. The molecular formula is C15H13N5O. The van der Waals surface area contributed by atoms with Crippen molar-refractivity contribution in [3.05, 3.63) is 60.6 Å². The van der Waals surface area contributed by atoms with E-state index in [9.17, 15) is 4.79 Å². The van der Waals surface area contributed by atoms with Crippen molar-refractivity contribution in [3.63, 3.8) is 0 Å². The molecule has 0 radical (unpaired) electrons. The Labute approximate surface area is 121 Å². The van der Waals surface area contributed by atoms with Crippen LogP contribution in [0, 0.1) is 0 Å². The number of nitrogens with zero attached hydrogens (tertiary/aromatic N) is 3. The monoisotopic (exact) mass is 279 g/mol. The first-order valence-electron chi connectivity index (χ1n) is 6.31. The molecule has 0 bridgehead atoms. The van der Waals surface area contributed by atoms with Gasteiger partial charge < -0.3 is 11.5 Å². The number of hydrogen-bond donors (Lipinski definition) is 2. The molecule has 104 valence electrons. The lowest BCUT2D eigenvalue weighted by Crippen LogP contribution is -2.15. The molecule has 0 aliphatic heterocycles. The number of rotatable bonds is 3. The van der Waals surface area contributed by atoms with Gasteiger partial charge in [-0.25, -0.2) is 9.67 Å². The van der Waals surface area contributed by atoms with E-state index in [0.29, 0.717) is 5.82 Å². The highest BCUT2D eigenvalue weighted by Crippen LogP contribution is 2.20. The maximum absolute atomic E-state index is 11.3. The van der Waals surface area contributed by atoms with Crippen LogP contribution >= 0.6 is 0 Å². The van der Waals surface area contributed by atoms with Gasteiger partial charge in [0, 0.05) is 11.8 Å². The summed E-state index contributed by atoms with van der Waals surface area (Å²) in [4.78, 5) is 15.5. The van der Waals surface area contributed by atoms with Crippen molar-refractivity contribution in [3.8, 4) is 16.9 Å². The summed E-state index contributed by atoms with van der Waals surface area (Å²) in [7, 11) is 0. The normalized spacial score (nSPS) is 10.5. The molecule has 3 aromatic rings. The van der Waals surface area contributed by atoms with E-state index < -0.39 is 5.91 Å². The van der Waals surface area contributed by atoms with Gasteiger partial charge in [0.05, 0.1) is 23.6 Å². The van der Waals surface area contributed by atoms with E-state index in [1.807, 2.05) is 36.5 Å². The van der Waals surface area contributed by atoms with Crippen LogP contribution in [-0.2, 0) is 0 Å². The van der Waals surface area contributed by atoms with Crippen molar-refractivity contribution in [1.82, 2.24) is 14.8 Å². The third-order valence-corrected chi connectivity index (χ3v) is 3.11. The maximum atomic E-state index is 11.3. The van der Waals surface area contributed by atoms with Crippen LogP contribution in [0.2, 0.25) is 0 Å². The molecule has 3 rings (SSSR count). The van der Waals surface area contributed by atoms with Crippen LogP contribution in [0.5, 0.6) is 0 Å². The third kappa shape index (κ3) is 2.46. The van der Waals surface area contributed by atoms with Crippen molar-refractivity contribution in [2.24, 2.45) is 5.73 Å². The molecule has 6 nitrogen and oxygen atoms in total. The summed E-state index contributed by atoms with van der Waals surface area (Å²) in [5, 5.41) is 4.25. The Morgan fingerprint density at radius 1 is 1.10 bits per heavy atom. The van der Waals surface area contributed by atoms with E-state index in [1.165, 1.54) is 12.3 Å². The van der Waals surface area contributed by atoms with Gasteiger partial charge in [-0.2, -0.15) is 5.10 Å². The number of aromatic nitrogens is 3. The standard InChI is InChI=1S/C15H13N5O/c16-13-8-18-14(6-12(13)15(17)21)20-9-11(7-19-20)10-4-2-1-3-5-10/h1-9H,16H2,(H2,17,21). The van der Waals surface area contributed by atoms with Gasteiger partial charge in [-0.3, -0.25) is 4.79 Å². The van der Waals surface area contributed by atoms with Crippen molar-refractivity contribution < 1.29 is 4.79 Å². The molecular weight excluding hydrogens is 266 g/mol. The summed E-state index contributed by atoms with van der Waals surface area (Å²) in [6.07, 6.45) is 4.97. The zero-order valence-corrected chi connectivity index (χ0v) is 11.1. The Balaban J connectivity index is 2.01. The molecule has 2 heterocycles. The van der Waals surface area contributed by atoms with Gasteiger partial charge in [0.1, 0.15) is 0 Å². The Morgan fingerprint density at radius 2 is 1.86 bits per heavy atom. The molecule has 1 amide bonds. The predicted octanol–water partition coefficient (Wildman–Crippen LogP) is 1.62. The lowest BCUT2D eigenvalue weighted by atomic mass is 10.1. The van der Waals surface area contributed by atoms with Crippen LogP contribution in [0.1, 0.15) is 10.4 Å². The number of pyridine rings is 1. The number of hydrogen-bond acceptors (Lipinski definition) is 4. The Morgan fingerprint density at radius 3 is 2.57 bits per heavy atom. The van der Waals surface area contributed by atoms with E-state index in [0.717, 1.165) is 11.1 Å². The zero-order valence-electron chi connectivity index (χ0n) is 11.1. The first kappa shape index (κ1) is 12.9. The van der Waals surface area contributed by atoms with Crippen LogP contribution in [0.25, 0.3) is 16.9 Å². The highest BCUT2D eigenvalue weighted by Gasteiger charge is 2.10. The van der Waals surface area contributed by atoms with Crippen molar-refractivity contribution >= 4 is 11.6 Å². The molecule has 2 aromatic heterocycles. The smallest absolute Gasteiger partial charge is 0.250 e. The topological polar surface area (TPSA) is 99.8 Å². The van der Waals surface area contributed by atoms with Gasteiger partial charge in [0.25, 0.3) is 5.91 Å². The number of carbonyl (C=O) groups is 1. The van der Waals surface area contributed by atoms with Gasteiger partial charge in [-0.15, -0.1) is 0 Å². The molecule has 21 heavy (non-hydrogen) atoms. The van der Waals surface area contributed by atoms with Crippen molar-refractivity contribution in [2.75, 3.05) is 5.73 Å². The Kier molecular flexibility index (Phi) is 3.12.